The van der Waals surface area contributed by atoms with Crippen LogP contribution < -0.4 is 4.74 Å². The predicted molar refractivity (Wildman–Crippen MR) is 68.4 cm³/mol. The fourth-order valence-electron chi connectivity index (χ4n) is 1.84. The number of hydrogen-bond donors (Lipinski definition) is 1. The number of rotatable bonds is 6. The van der Waals surface area contributed by atoms with Gasteiger partial charge in [0, 0.05) is 19.5 Å². The smallest absolute Gasteiger partial charge is 0.222 e. The van der Waals surface area contributed by atoms with Crippen LogP contribution in [0, 0.1) is 0 Å². The van der Waals surface area contributed by atoms with Crippen LogP contribution in [0.5, 0.6) is 5.75 Å². The molecule has 4 heteroatoms. The van der Waals surface area contributed by atoms with Crippen molar-refractivity contribution in [1.29, 1.82) is 0 Å². The molecule has 1 aromatic rings. The van der Waals surface area contributed by atoms with Gasteiger partial charge in [0.2, 0.25) is 5.91 Å². The van der Waals surface area contributed by atoms with Gasteiger partial charge in [0.1, 0.15) is 5.75 Å². The molecule has 4 nitrogen and oxygen atoms in total. The van der Waals surface area contributed by atoms with E-state index in [2.05, 4.69) is 0 Å². The molecule has 1 N–H and O–H groups in total. The monoisotopic (exact) mass is 249 g/mol. The van der Waals surface area contributed by atoms with Crippen molar-refractivity contribution in [2.45, 2.75) is 25.9 Å². The lowest BCUT2D eigenvalue weighted by Gasteiger charge is -2.11. The highest BCUT2D eigenvalue weighted by atomic mass is 16.5. The van der Waals surface area contributed by atoms with Crippen LogP contribution in [0.2, 0.25) is 0 Å². The summed E-state index contributed by atoms with van der Waals surface area (Å²) >= 11 is 0. The number of benzene rings is 1. The number of carbonyl (C=O) groups excluding carboxylic acids is 1. The van der Waals surface area contributed by atoms with E-state index in [0.29, 0.717) is 19.4 Å². The van der Waals surface area contributed by atoms with Crippen molar-refractivity contribution >= 4 is 5.91 Å². The lowest BCUT2D eigenvalue weighted by Crippen LogP contribution is -2.11. The highest BCUT2D eigenvalue weighted by Crippen LogP contribution is 2.22. The molecule has 1 unspecified atom stereocenters. The van der Waals surface area contributed by atoms with Gasteiger partial charge in [-0.05, 0) is 31.0 Å². The second kappa shape index (κ2) is 5.87. The lowest BCUT2D eigenvalue weighted by atomic mass is 10.0. The molecule has 0 radical (unpaired) electrons. The Kier molecular flexibility index (Phi) is 4.20. The van der Waals surface area contributed by atoms with Gasteiger partial charge in [0.05, 0.1) is 12.7 Å². The van der Waals surface area contributed by atoms with Crippen LogP contribution in [0.3, 0.4) is 0 Å². The molecule has 1 aromatic carbocycles. The Balaban J connectivity index is 1.83. The summed E-state index contributed by atoms with van der Waals surface area (Å²) in [5, 5.41) is 9.98. The fourth-order valence-corrected chi connectivity index (χ4v) is 1.84. The minimum atomic E-state index is -0.579. The molecular formula is C14H19NO3. The summed E-state index contributed by atoms with van der Waals surface area (Å²) in [6.07, 6.45) is 0.308. The van der Waals surface area contributed by atoms with Crippen molar-refractivity contribution in [2.24, 2.45) is 0 Å². The van der Waals surface area contributed by atoms with Gasteiger partial charge < -0.3 is 14.7 Å². The van der Waals surface area contributed by atoms with E-state index >= 15 is 0 Å². The number of amides is 1. The summed E-state index contributed by atoms with van der Waals surface area (Å²) in [6.45, 7) is 4.31. The zero-order valence-corrected chi connectivity index (χ0v) is 10.6. The molecular weight excluding hydrogens is 230 g/mol. The number of nitrogens with zero attached hydrogens (tertiary/aromatic N) is 1. The summed E-state index contributed by atoms with van der Waals surface area (Å²) in [6, 6.07) is 7.37. The third-order valence-corrected chi connectivity index (χ3v) is 3.01. The Morgan fingerprint density at radius 1 is 1.39 bits per heavy atom. The van der Waals surface area contributed by atoms with Gasteiger partial charge in [-0.1, -0.05) is 12.1 Å². The van der Waals surface area contributed by atoms with Crippen molar-refractivity contribution in [1.82, 2.24) is 4.90 Å². The van der Waals surface area contributed by atoms with Crippen LogP contribution in [-0.2, 0) is 4.79 Å². The molecule has 0 bridgehead atoms. The first-order valence-electron chi connectivity index (χ1n) is 6.39. The molecule has 0 saturated carbocycles. The molecule has 1 aliphatic heterocycles. The Hall–Kier alpha value is -1.55. The van der Waals surface area contributed by atoms with Gasteiger partial charge in [0.15, 0.2) is 0 Å². The van der Waals surface area contributed by atoms with Crippen molar-refractivity contribution in [3.63, 3.8) is 0 Å². The van der Waals surface area contributed by atoms with Crippen LogP contribution in [0.4, 0.5) is 0 Å². The van der Waals surface area contributed by atoms with E-state index in [1.165, 1.54) is 0 Å². The van der Waals surface area contributed by atoms with E-state index in [1.54, 1.807) is 4.90 Å². The average Bonchev–Trinajstić information content (AvgIpc) is 3.21. The van der Waals surface area contributed by atoms with Crippen molar-refractivity contribution < 1.29 is 14.6 Å². The molecule has 0 aliphatic carbocycles. The molecule has 18 heavy (non-hydrogen) atoms. The number of ether oxygens (including phenoxy) is 1. The Labute approximate surface area is 107 Å². The summed E-state index contributed by atoms with van der Waals surface area (Å²) < 4.78 is 5.34. The summed E-state index contributed by atoms with van der Waals surface area (Å²) in [5.74, 6) is 0.939. The van der Waals surface area contributed by atoms with Gasteiger partial charge in [-0.15, -0.1) is 0 Å². The topological polar surface area (TPSA) is 49.5 Å². The molecule has 1 atom stereocenters. The van der Waals surface area contributed by atoms with Gasteiger partial charge in [-0.2, -0.15) is 0 Å². The number of aliphatic hydroxyl groups excluding tert-OH is 1. The fraction of sp³-hybridized carbons (Fsp3) is 0.500. The molecule has 1 saturated heterocycles. The Bertz CT molecular complexity index is 398. The van der Waals surface area contributed by atoms with E-state index in [4.69, 9.17) is 4.74 Å². The highest BCUT2D eigenvalue weighted by molar-refractivity contribution is 5.78. The van der Waals surface area contributed by atoms with Crippen LogP contribution in [0.15, 0.2) is 24.3 Å². The molecule has 1 heterocycles. The lowest BCUT2D eigenvalue weighted by molar-refractivity contribution is -0.126. The minimum Gasteiger partial charge on any atom is -0.494 e. The van der Waals surface area contributed by atoms with E-state index in [-0.39, 0.29) is 5.91 Å². The normalized spacial score (nSPS) is 15.3. The quantitative estimate of drug-likeness (QED) is 0.781. The standard InChI is InChI=1S/C14H19NO3/c1-2-18-12-5-3-11(4-6-12)13(16)7-8-14(17)15-9-10-15/h3-6,13,16H,2,7-10H2,1H3. The molecule has 1 fully saturated rings. The molecule has 0 spiro atoms. The number of hydrogen-bond acceptors (Lipinski definition) is 3. The maximum Gasteiger partial charge on any atom is 0.222 e. The van der Waals surface area contributed by atoms with Crippen LogP contribution in [-0.4, -0.2) is 35.6 Å². The molecule has 98 valence electrons. The predicted octanol–water partition coefficient (Wildman–Crippen LogP) is 1.74. The largest absolute Gasteiger partial charge is 0.494 e. The highest BCUT2D eigenvalue weighted by Gasteiger charge is 2.24. The van der Waals surface area contributed by atoms with Gasteiger partial charge in [-0.3, -0.25) is 4.79 Å². The zero-order chi connectivity index (χ0) is 13.0. The SMILES string of the molecule is CCOc1ccc(C(O)CCC(=O)N2CC2)cc1. The van der Waals surface area contributed by atoms with Gasteiger partial charge >= 0.3 is 0 Å². The second-order valence-electron chi connectivity index (χ2n) is 4.44. The van der Waals surface area contributed by atoms with Crippen LogP contribution >= 0.6 is 0 Å². The van der Waals surface area contributed by atoms with Crippen molar-refractivity contribution in [2.75, 3.05) is 19.7 Å². The zero-order valence-electron chi connectivity index (χ0n) is 10.6. The third kappa shape index (κ3) is 3.47. The van der Waals surface area contributed by atoms with Gasteiger partial charge in [0.25, 0.3) is 0 Å². The maximum atomic E-state index is 11.5. The summed E-state index contributed by atoms with van der Waals surface area (Å²) in [7, 11) is 0. The maximum absolute atomic E-state index is 11.5. The third-order valence-electron chi connectivity index (χ3n) is 3.01. The van der Waals surface area contributed by atoms with Crippen molar-refractivity contribution in [3.8, 4) is 5.75 Å². The van der Waals surface area contributed by atoms with E-state index in [1.807, 2.05) is 31.2 Å². The molecule has 1 amide bonds. The minimum absolute atomic E-state index is 0.139. The molecule has 2 rings (SSSR count). The summed E-state index contributed by atoms with van der Waals surface area (Å²) in [4.78, 5) is 13.3. The first-order valence-corrected chi connectivity index (χ1v) is 6.39. The Morgan fingerprint density at radius 3 is 2.61 bits per heavy atom. The van der Waals surface area contributed by atoms with E-state index < -0.39 is 6.10 Å². The second-order valence-corrected chi connectivity index (χ2v) is 4.44. The first kappa shape index (κ1) is 12.9. The van der Waals surface area contributed by atoms with E-state index in [0.717, 1.165) is 24.4 Å². The van der Waals surface area contributed by atoms with E-state index in [9.17, 15) is 9.90 Å². The number of aliphatic hydroxyl groups is 1. The van der Waals surface area contributed by atoms with Crippen LogP contribution in [0.25, 0.3) is 0 Å². The average molecular weight is 249 g/mol. The summed E-state index contributed by atoms with van der Waals surface area (Å²) in [5.41, 5.74) is 0.831. The van der Waals surface area contributed by atoms with Crippen LogP contribution in [0.1, 0.15) is 31.4 Å². The van der Waals surface area contributed by atoms with Gasteiger partial charge in [-0.25, -0.2) is 0 Å². The molecule has 1 aliphatic rings. The molecule has 0 aromatic heterocycles. The first-order chi connectivity index (χ1) is 8.70. The van der Waals surface area contributed by atoms with Crippen molar-refractivity contribution in [3.05, 3.63) is 29.8 Å². The Morgan fingerprint density at radius 2 is 2.06 bits per heavy atom. The number of carbonyl (C=O) groups is 1.